The van der Waals surface area contributed by atoms with Gasteiger partial charge in [-0.1, -0.05) is 0 Å². The quantitative estimate of drug-likeness (QED) is 0.791. The van der Waals surface area contributed by atoms with Crippen LogP contribution in [0.1, 0.15) is 25.4 Å². The second-order valence-corrected chi connectivity index (χ2v) is 4.16. The number of aromatic nitrogens is 4. The molecule has 2 aromatic rings. The summed E-state index contributed by atoms with van der Waals surface area (Å²) in [6.45, 7) is 6.06. The summed E-state index contributed by atoms with van der Waals surface area (Å²) in [6, 6.07) is 1.92. The Kier molecular flexibility index (Phi) is 2.19. The van der Waals surface area contributed by atoms with Gasteiger partial charge in [0.1, 0.15) is 6.33 Å². The first-order chi connectivity index (χ1) is 7.04. The maximum Gasteiger partial charge on any atom is 0.163 e. The summed E-state index contributed by atoms with van der Waals surface area (Å²) >= 11 is 0. The van der Waals surface area contributed by atoms with Crippen molar-refractivity contribution in [3.05, 3.63) is 23.9 Å². The average molecular weight is 205 g/mol. The summed E-state index contributed by atoms with van der Waals surface area (Å²) in [5.41, 5.74) is 1.57. The summed E-state index contributed by atoms with van der Waals surface area (Å²) in [5, 5.41) is 11.5. The highest BCUT2D eigenvalue weighted by Gasteiger charge is 2.24. The predicted molar refractivity (Wildman–Crippen MR) is 57.6 cm³/mol. The van der Waals surface area contributed by atoms with E-state index < -0.39 is 0 Å². The summed E-state index contributed by atoms with van der Waals surface area (Å²) in [6.07, 6.45) is 1.76. The van der Waals surface area contributed by atoms with Crippen LogP contribution < -0.4 is 5.32 Å². The second kappa shape index (κ2) is 3.27. The van der Waals surface area contributed by atoms with Gasteiger partial charge in [0.05, 0.1) is 5.54 Å². The molecule has 0 aliphatic carbocycles. The fraction of sp³-hybridized carbons (Fsp3) is 0.500. The number of nitrogens with zero attached hydrogens (tertiary/aromatic N) is 4. The molecule has 0 fully saturated rings. The Morgan fingerprint density at radius 3 is 2.73 bits per heavy atom. The van der Waals surface area contributed by atoms with Gasteiger partial charge in [0.2, 0.25) is 0 Å². The minimum absolute atomic E-state index is 0.212. The Bertz CT molecular complexity index is 486. The molecule has 0 aliphatic heterocycles. The van der Waals surface area contributed by atoms with E-state index in [9.17, 15) is 0 Å². The molecule has 2 heterocycles. The molecule has 0 saturated carbocycles. The topological polar surface area (TPSA) is 55.1 Å². The molecule has 0 aliphatic rings. The van der Waals surface area contributed by atoms with Crippen molar-refractivity contribution in [3.8, 4) is 0 Å². The van der Waals surface area contributed by atoms with E-state index >= 15 is 0 Å². The second-order valence-electron chi connectivity index (χ2n) is 4.16. The minimum Gasteiger partial charge on any atom is -0.308 e. The van der Waals surface area contributed by atoms with Crippen molar-refractivity contribution in [1.82, 2.24) is 24.9 Å². The number of aryl methyl sites for hydroxylation is 1. The van der Waals surface area contributed by atoms with E-state index in [4.69, 9.17) is 0 Å². The molecule has 5 heteroatoms. The zero-order chi connectivity index (χ0) is 11.1. The van der Waals surface area contributed by atoms with E-state index in [1.54, 1.807) is 6.33 Å². The number of fused-ring (bicyclic) bond motifs is 1. The first-order valence-corrected chi connectivity index (χ1v) is 4.91. The third-order valence-electron chi connectivity index (χ3n) is 2.62. The highest BCUT2D eigenvalue weighted by Crippen LogP contribution is 2.17. The molecule has 0 radical (unpaired) electrons. The van der Waals surface area contributed by atoms with Crippen LogP contribution >= 0.6 is 0 Å². The molecular weight excluding hydrogens is 190 g/mol. The monoisotopic (exact) mass is 205 g/mol. The highest BCUT2D eigenvalue weighted by molar-refractivity contribution is 5.38. The zero-order valence-corrected chi connectivity index (χ0v) is 9.44. The summed E-state index contributed by atoms with van der Waals surface area (Å²) in [7, 11) is 1.91. The van der Waals surface area contributed by atoms with Crippen LogP contribution in [0.3, 0.4) is 0 Å². The van der Waals surface area contributed by atoms with Crippen molar-refractivity contribution in [2.75, 3.05) is 7.05 Å². The van der Waals surface area contributed by atoms with Gasteiger partial charge in [-0.2, -0.15) is 0 Å². The van der Waals surface area contributed by atoms with Gasteiger partial charge in [0, 0.05) is 11.8 Å². The van der Waals surface area contributed by atoms with E-state index in [1.807, 2.05) is 24.4 Å². The molecule has 2 aromatic heterocycles. The van der Waals surface area contributed by atoms with E-state index in [1.165, 1.54) is 0 Å². The van der Waals surface area contributed by atoms with Crippen molar-refractivity contribution >= 4 is 5.65 Å². The molecule has 0 amide bonds. The van der Waals surface area contributed by atoms with Crippen LogP contribution in [0.5, 0.6) is 0 Å². The first-order valence-electron chi connectivity index (χ1n) is 4.91. The molecule has 0 aromatic carbocycles. The third kappa shape index (κ3) is 1.59. The van der Waals surface area contributed by atoms with Gasteiger partial charge in [0.25, 0.3) is 0 Å². The molecule has 2 rings (SSSR count). The highest BCUT2D eigenvalue weighted by atomic mass is 15.3. The normalized spacial score (nSPS) is 12.3. The van der Waals surface area contributed by atoms with Gasteiger partial charge < -0.3 is 5.32 Å². The molecule has 0 saturated heterocycles. The Morgan fingerprint density at radius 1 is 1.33 bits per heavy atom. The van der Waals surface area contributed by atoms with Gasteiger partial charge in [0.15, 0.2) is 11.5 Å². The number of nitrogens with one attached hydrogen (secondary N) is 1. The van der Waals surface area contributed by atoms with Crippen LogP contribution in [-0.4, -0.2) is 26.6 Å². The van der Waals surface area contributed by atoms with Crippen LogP contribution in [0, 0.1) is 6.92 Å². The fourth-order valence-electron chi connectivity index (χ4n) is 1.43. The molecule has 15 heavy (non-hydrogen) atoms. The molecule has 0 unspecified atom stereocenters. The number of hydrogen-bond acceptors (Lipinski definition) is 4. The summed E-state index contributed by atoms with van der Waals surface area (Å²) in [4.78, 5) is 4.24. The molecule has 0 bridgehead atoms. The van der Waals surface area contributed by atoms with Gasteiger partial charge in [-0.25, -0.2) is 4.98 Å². The van der Waals surface area contributed by atoms with E-state index in [2.05, 4.69) is 34.3 Å². The lowest BCUT2D eigenvalue weighted by Crippen LogP contribution is -2.35. The van der Waals surface area contributed by atoms with E-state index in [0.29, 0.717) is 0 Å². The smallest absolute Gasteiger partial charge is 0.163 e. The number of rotatable bonds is 2. The van der Waals surface area contributed by atoms with Crippen LogP contribution in [0.15, 0.2) is 12.4 Å². The minimum atomic E-state index is -0.212. The maximum atomic E-state index is 4.24. The maximum absolute atomic E-state index is 4.24. The lowest BCUT2D eigenvalue weighted by molar-refractivity contribution is 0.412. The molecular formula is C10H15N5. The van der Waals surface area contributed by atoms with Gasteiger partial charge in [-0.3, -0.25) is 4.40 Å². The lowest BCUT2D eigenvalue weighted by atomic mass is 10.1. The average Bonchev–Trinajstić information content (AvgIpc) is 2.61. The van der Waals surface area contributed by atoms with Crippen molar-refractivity contribution in [2.24, 2.45) is 0 Å². The van der Waals surface area contributed by atoms with Crippen LogP contribution in [-0.2, 0) is 5.54 Å². The van der Waals surface area contributed by atoms with Crippen LogP contribution in [0.2, 0.25) is 0 Å². The van der Waals surface area contributed by atoms with Crippen molar-refractivity contribution in [1.29, 1.82) is 0 Å². The van der Waals surface area contributed by atoms with E-state index in [-0.39, 0.29) is 5.54 Å². The Balaban J connectivity index is 2.64. The largest absolute Gasteiger partial charge is 0.308 e. The van der Waals surface area contributed by atoms with E-state index in [0.717, 1.165) is 17.2 Å². The first kappa shape index (κ1) is 10.0. The SMILES string of the molecule is CNC(C)(C)c1nnc2cc(C)ncn12. The van der Waals surface area contributed by atoms with Gasteiger partial charge in [-0.15, -0.1) is 10.2 Å². The third-order valence-corrected chi connectivity index (χ3v) is 2.62. The molecule has 80 valence electrons. The Morgan fingerprint density at radius 2 is 2.07 bits per heavy atom. The molecule has 5 nitrogen and oxygen atoms in total. The summed E-state index contributed by atoms with van der Waals surface area (Å²) in [5.74, 6) is 0.868. The van der Waals surface area contributed by atoms with Gasteiger partial charge in [-0.05, 0) is 27.8 Å². The van der Waals surface area contributed by atoms with Crippen molar-refractivity contribution in [2.45, 2.75) is 26.3 Å². The predicted octanol–water partition coefficient (Wildman–Crippen LogP) is 0.887. The zero-order valence-electron chi connectivity index (χ0n) is 9.44. The fourth-order valence-corrected chi connectivity index (χ4v) is 1.43. The van der Waals surface area contributed by atoms with Crippen LogP contribution in [0.25, 0.3) is 5.65 Å². The van der Waals surface area contributed by atoms with Gasteiger partial charge >= 0.3 is 0 Å². The van der Waals surface area contributed by atoms with Crippen molar-refractivity contribution in [3.63, 3.8) is 0 Å². The van der Waals surface area contributed by atoms with Crippen LogP contribution in [0.4, 0.5) is 0 Å². The number of hydrogen-bond donors (Lipinski definition) is 1. The Hall–Kier alpha value is -1.49. The van der Waals surface area contributed by atoms with Crippen molar-refractivity contribution < 1.29 is 0 Å². The Labute approximate surface area is 88.6 Å². The molecule has 0 spiro atoms. The summed E-state index contributed by atoms with van der Waals surface area (Å²) < 4.78 is 1.91. The molecule has 0 atom stereocenters. The standard InChI is InChI=1S/C10H15N5/c1-7-5-8-13-14-9(10(2,3)11-4)15(8)6-12-7/h5-6,11H,1-4H3. The lowest BCUT2D eigenvalue weighted by Gasteiger charge is -2.21. The molecule has 1 N–H and O–H groups in total.